The molecule has 2 atom stereocenters. The summed E-state index contributed by atoms with van der Waals surface area (Å²) in [5.74, 6) is 2.03. The van der Waals surface area contributed by atoms with E-state index in [1.54, 1.807) is 0 Å². The minimum Gasteiger partial charge on any atom is -0.394 e. The van der Waals surface area contributed by atoms with Crippen LogP contribution in [0.1, 0.15) is 44.2 Å². The second kappa shape index (κ2) is 4.48. The van der Waals surface area contributed by atoms with E-state index < -0.39 is 0 Å². The van der Waals surface area contributed by atoms with Gasteiger partial charge in [0.15, 0.2) is 5.82 Å². The smallest absolute Gasteiger partial charge is 0.150 e. The minimum absolute atomic E-state index is 0.699. The van der Waals surface area contributed by atoms with Gasteiger partial charge < -0.3 is 10.6 Å². The van der Waals surface area contributed by atoms with Crippen molar-refractivity contribution >= 4 is 11.5 Å². The van der Waals surface area contributed by atoms with E-state index in [2.05, 4.69) is 10.00 Å². The number of piperidine rings is 1. The molecule has 4 heteroatoms. The summed E-state index contributed by atoms with van der Waals surface area (Å²) in [5.41, 5.74) is 8.07. The van der Waals surface area contributed by atoms with Crippen molar-refractivity contribution in [1.82, 2.24) is 9.78 Å². The summed E-state index contributed by atoms with van der Waals surface area (Å²) >= 11 is 0. The lowest BCUT2D eigenvalue weighted by Gasteiger charge is -2.45. The Hall–Kier alpha value is -1.19. The quantitative estimate of drug-likeness (QED) is 0.830. The van der Waals surface area contributed by atoms with Crippen LogP contribution in [-0.4, -0.2) is 22.4 Å². The summed E-state index contributed by atoms with van der Waals surface area (Å²) in [6.07, 6.45) is 8.21. The van der Waals surface area contributed by atoms with Crippen LogP contribution in [-0.2, 0) is 7.05 Å². The number of nitrogens with zero attached hydrogens (tertiary/aromatic N) is 3. The van der Waals surface area contributed by atoms with Crippen molar-refractivity contribution in [2.24, 2.45) is 13.0 Å². The first-order chi connectivity index (χ1) is 8.68. The average molecular weight is 248 g/mol. The Morgan fingerprint density at radius 2 is 1.89 bits per heavy atom. The van der Waals surface area contributed by atoms with Gasteiger partial charge in [-0.1, -0.05) is 12.8 Å². The van der Waals surface area contributed by atoms with E-state index in [4.69, 9.17) is 5.73 Å². The highest BCUT2D eigenvalue weighted by Gasteiger charge is 2.35. The molecule has 0 bridgehead atoms. The third kappa shape index (κ3) is 1.78. The molecular formula is C14H24N4. The van der Waals surface area contributed by atoms with E-state index >= 15 is 0 Å². The monoisotopic (exact) mass is 248 g/mol. The van der Waals surface area contributed by atoms with E-state index in [-0.39, 0.29) is 0 Å². The predicted octanol–water partition coefficient (Wildman–Crippen LogP) is 2.47. The van der Waals surface area contributed by atoms with Crippen LogP contribution in [0.2, 0.25) is 0 Å². The third-order valence-corrected chi connectivity index (χ3v) is 4.75. The normalized spacial score (nSPS) is 28.2. The van der Waals surface area contributed by atoms with Crippen molar-refractivity contribution in [2.75, 3.05) is 17.2 Å². The topological polar surface area (TPSA) is 47.1 Å². The molecule has 1 aromatic rings. The second-order valence-electron chi connectivity index (χ2n) is 5.89. The first-order valence-electron chi connectivity index (χ1n) is 7.24. The fourth-order valence-corrected chi connectivity index (χ4v) is 3.89. The molecule has 1 saturated heterocycles. The number of nitrogen functional groups attached to an aromatic ring is 1. The maximum absolute atomic E-state index is 6.23. The molecule has 1 aliphatic heterocycles. The molecule has 0 spiro atoms. The van der Waals surface area contributed by atoms with E-state index in [1.165, 1.54) is 38.5 Å². The molecule has 2 fully saturated rings. The van der Waals surface area contributed by atoms with E-state index in [1.807, 2.05) is 18.7 Å². The molecule has 2 heterocycles. The van der Waals surface area contributed by atoms with Crippen molar-refractivity contribution in [2.45, 2.75) is 51.5 Å². The van der Waals surface area contributed by atoms with Gasteiger partial charge in [0.1, 0.15) is 0 Å². The van der Waals surface area contributed by atoms with E-state index in [0.29, 0.717) is 6.04 Å². The molecular weight excluding hydrogens is 224 g/mol. The zero-order valence-electron chi connectivity index (χ0n) is 11.5. The summed E-state index contributed by atoms with van der Waals surface area (Å²) in [5, 5.41) is 4.47. The Kier molecular flexibility index (Phi) is 2.96. The number of fused-ring (bicyclic) bond motifs is 1. The largest absolute Gasteiger partial charge is 0.394 e. The fraction of sp³-hybridized carbons (Fsp3) is 0.786. The molecule has 3 rings (SSSR count). The van der Waals surface area contributed by atoms with Gasteiger partial charge in [0.25, 0.3) is 0 Å². The lowest BCUT2D eigenvalue weighted by atomic mass is 9.78. The molecule has 2 aliphatic rings. The van der Waals surface area contributed by atoms with Crippen LogP contribution in [0.5, 0.6) is 0 Å². The fourth-order valence-electron chi connectivity index (χ4n) is 3.89. The number of anilines is 2. The van der Waals surface area contributed by atoms with Crippen molar-refractivity contribution < 1.29 is 0 Å². The van der Waals surface area contributed by atoms with E-state index in [9.17, 15) is 0 Å². The number of nitrogens with two attached hydrogens (primary N) is 1. The lowest BCUT2D eigenvalue weighted by Crippen LogP contribution is -2.47. The van der Waals surface area contributed by atoms with Gasteiger partial charge in [0, 0.05) is 19.6 Å². The first-order valence-corrected chi connectivity index (χ1v) is 7.24. The summed E-state index contributed by atoms with van der Waals surface area (Å²) in [4.78, 5) is 2.54. The lowest BCUT2D eigenvalue weighted by molar-refractivity contribution is 0.241. The van der Waals surface area contributed by atoms with Gasteiger partial charge in [-0.15, -0.1) is 0 Å². The highest BCUT2D eigenvalue weighted by molar-refractivity contribution is 5.66. The van der Waals surface area contributed by atoms with Gasteiger partial charge in [-0.05, 0) is 38.5 Å². The molecule has 1 aliphatic carbocycles. The Labute approximate surface area is 109 Å². The minimum atomic E-state index is 0.699. The Balaban J connectivity index is 1.94. The van der Waals surface area contributed by atoms with Gasteiger partial charge in [-0.2, -0.15) is 5.10 Å². The number of rotatable bonds is 1. The van der Waals surface area contributed by atoms with Crippen LogP contribution < -0.4 is 10.6 Å². The van der Waals surface area contributed by atoms with Gasteiger partial charge in [0.05, 0.1) is 11.4 Å². The van der Waals surface area contributed by atoms with Gasteiger partial charge >= 0.3 is 0 Å². The van der Waals surface area contributed by atoms with Crippen molar-refractivity contribution in [3.63, 3.8) is 0 Å². The standard InChI is InChI=1S/C14H24N4/c1-10-13(15)14(17(2)16-10)18-9-5-7-11-6-3-4-8-12(11)18/h11-12H,3-9,15H2,1-2H3. The van der Waals surface area contributed by atoms with Crippen LogP contribution >= 0.6 is 0 Å². The Morgan fingerprint density at radius 3 is 2.61 bits per heavy atom. The Morgan fingerprint density at radius 1 is 1.17 bits per heavy atom. The number of aromatic nitrogens is 2. The van der Waals surface area contributed by atoms with Crippen LogP contribution in [0.4, 0.5) is 11.5 Å². The number of hydrogen-bond donors (Lipinski definition) is 1. The zero-order valence-corrected chi connectivity index (χ0v) is 11.5. The van der Waals surface area contributed by atoms with Crippen molar-refractivity contribution in [3.8, 4) is 0 Å². The third-order valence-electron chi connectivity index (χ3n) is 4.75. The number of hydrogen-bond acceptors (Lipinski definition) is 3. The van der Waals surface area contributed by atoms with Gasteiger partial charge in [0.2, 0.25) is 0 Å². The molecule has 0 aromatic carbocycles. The van der Waals surface area contributed by atoms with Crippen LogP contribution in [0.15, 0.2) is 0 Å². The SMILES string of the molecule is Cc1nn(C)c(N2CCCC3CCCCC32)c1N. The summed E-state index contributed by atoms with van der Waals surface area (Å²) in [6, 6.07) is 0.699. The van der Waals surface area contributed by atoms with Crippen molar-refractivity contribution in [1.29, 1.82) is 0 Å². The molecule has 100 valence electrons. The van der Waals surface area contributed by atoms with E-state index in [0.717, 1.165) is 29.7 Å². The molecule has 0 amide bonds. The summed E-state index contributed by atoms with van der Waals surface area (Å²) in [7, 11) is 2.02. The number of aryl methyl sites for hydroxylation is 2. The first kappa shape index (κ1) is 11.9. The molecule has 2 N–H and O–H groups in total. The second-order valence-corrected chi connectivity index (χ2v) is 5.89. The maximum atomic E-state index is 6.23. The van der Waals surface area contributed by atoms with Gasteiger partial charge in [-0.25, -0.2) is 0 Å². The maximum Gasteiger partial charge on any atom is 0.150 e. The predicted molar refractivity (Wildman–Crippen MR) is 74.7 cm³/mol. The van der Waals surface area contributed by atoms with Gasteiger partial charge in [-0.3, -0.25) is 4.68 Å². The molecule has 4 nitrogen and oxygen atoms in total. The Bertz CT molecular complexity index is 435. The molecule has 18 heavy (non-hydrogen) atoms. The molecule has 2 unspecified atom stereocenters. The highest BCUT2D eigenvalue weighted by atomic mass is 15.4. The van der Waals surface area contributed by atoms with Crippen molar-refractivity contribution in [3.05, 3.63) is 5.69 Å². The average Bonchev–Trinajstić information content (AvgIpc) is 2.63. The van der Waals surface area contributed by atoms with Crippen LogP contribution in [0.3, 0.4) is 0 Å². The van der Waals surface area contributed by atoms with Crippen LogP contribution in [0.25, 0.3) is 0 Å². The molecule has 1 aromatic heterocycles. The van der Waals surface area contributed by atoms with Crippen LogP contribution in [0, 0.1) is 12.8 Å². The highest BCUT2D eigenvalue weighted by Crippen LogP contribution is 2.39. The zero-order chi connectivity index (χ0) is 12.7. The molecule has 1 saturated carbocycles. The summed E-state index contributed by atoms with van der Waals surface area (Å²) in [6.45, 7) is 3.14. The summed E-state index contributed by atoms with van der Waals surface area (Å²) < 4.78 is 1.97. The molecule has 0 radical (unpaired) electrons.